The third-order valence-corrected chi connectivity index (χ3v) is 4.49. The van der Waals surface area contributed by atoms with Crippen LogP contribution in [0.1, 0.15) is 76.7 Å². The van der Waals surface area contributed by atoms with Crippen LogP contribution in [-0.2, 0) is 6.42 Å². The Morgan fingerprint density at radius 1 is 0.952 bits per heavy atom. The minimum atomic E-state index is -0.191. The van der Waals surface area contributed by atoms with E-state index in [0.29, 0.717) is 0 Å². The first-order valence-corrected chi connectivity index (χ1v) is 9.44. The first-order valence-electron chi connectivity index (χ1n) is 8.65. The third kappa shape index (κ3) is 10.1. The van der Waals surface area contributed by atoms with Crippen LogP contribution in [0.15, 0.2) is 28.7 Å². The Morgan fingerprint density at radius 2 is 1.57 bits per heavy atom. The van der Waals surface area contributed by atoms with E-state index in [0.717, 1.165) is 23.7 Å². The van der Waals surface area contributed by atoms with Crippen molar-refractivity contribution in [3.8, 4) is 0 Å². The molecule has 1 aromatic carbocycles. The molecular weight excluding hydrogens is 324 g/mol. The molecule has 1 N–H and O–H groups in total. The molecule has 2 heteroatoms. The summed E-state index contributed by atoms with van der Waals surface area (Å²) in [6.45, 7) is 2.26. The van der Waals surface area contributed by atoms with Crippen LogP contribution in [0.5, 0.6) is 0 Å². The highest BCUT2D eigenvalue weighted by molar-refractivity contribution is 9.10. The lowest BCUT2D eigenvalue weighted by Crippen LogP contribution is -2.10. The van der Waals surface area contributed by atoms with Crippen molar-refractivity contribution in [2.24, 2.45) is 0 Å². The van der Waals surface area contributed by atoms with Crippen molar-refractivity contribution in [1.82, 2.24) is 0 Å². The number of benzene rings is 1. The zero-order valence-corrected chi connectivity index (χ0v) is 15.1. The maximum atomic E-state index is 10.1. The van der Waals surface area contributed by atoms with Crippen molar-refractivity contribution in [2.45, 2.75) is 83.7 Å². The highest BCUT2D eigenvalue weighted by Crippen LogP contribution is 2.16. The Labute approximate surface area is 139 Å². The van der Waals surface area contributed by atoms with Gasteiger partial charge in [-0.1, -0.05) is 92.8 Å². The zero-order chi connectivity index (χ0) is 15.3. The fourth-order valence-electron chi connectivity index (χ4n) is 2.73. The smallest absolute Gasteiger partial charge is 0.0580 e. The molecule has 1 aromatic rings. The molecule has 0 fully saturated rings. The predicted molar refractivity (Wildman–Crippen MR) is 95.7 cm³/mol. The van der Waals surface area contributed by atoms with Crippen LogP contribution in [0, 0.1) is 0 Å². The normalized spacial score (nSPS) is 12.5. The van der Waals surface area contributed by atoms with Gasteiger partial charge in [-0.05, 0) is 30.5 Å². The van der Waals surface area contributed by atoms with Gasteiger partial charge in [-0.25, -0.2) is 0 Å². The number of hydrogen-bond donors (Lipinski definition) is 1. The molecule has 0 amide bonds. The quantitative estimate of drug-likeness (QED) is 0.438. The largest absolute Gasteiger partial charge is 0.393 e. The SMILES string of the molecule is CCCCCCCCCCCC(O)Cc1cccc(Br)c1. The second kappa shape index (κ2) is 12.2. The van der Waals surface area contributed by atoms with E-state index in [4.69, 9.17) is 0 Å². The molecule has 0 spiro atoms. The van der Waals surface area contributed by atoms with Gasteiger partial charge in [0.15, 0.2) is 0 Å². The molecule has 1 nitrogen and oxygen atoms in total. The van der Waals surface area contributed by atoms with Crippen LogP contribution in [0.4, 0.5) is 0 Å². The Balaban J connectivity index is 1.97. The number of aliphatic hydroxyl groups excluding tert-OH is 1. The van der Waals surface area contributed by atoms with Gasteiger partial charge < -0.3 is 5.11 Å². The van der Waals surface area contributed by atoms with E-state index in [1.54, 1.807) is 0 Å². The van der Waals surface area contributed by atoms with E-state index in [-0.39, 0.29) is 6.10 Å². The molecular formula is C19H31BrO. The topological polar surface area (TPSA) is 20.2 Å². The highest BCUT2D eigenvalue weighted by Gasteiger charge is 2.05. The summed E-state index contributed by atoms with van der Waals surface area (Å²) < 4.78 is 1.09. The summed E-state index contributed by atoms with van der Waals surface area (Å²) in [4.78, 5) is 0. The summed E-state index contributed by atoms with van der Waals surface area (Å²) >= 11 is 3.47. The van der Waals surface area contributed by atoms with Crippen molar-refractivity contribution in [2.75, 3.05) is 0 Å². The standard InChI is InChI=1S/C19H31BrO/c1-2-3-4-5-6-7-8-9-10-14-19(21)16-17-12-11-13-18(20)15-17/h11-13,15,19,21H,2-10,14,16H2,1H3. The van der Waals surface area contributed by atoms with Gasteiger partial charge >= 0.3 is 0 Å². The Morgan fingerprint density at radius 3 is 2.19 bits per heavy atom. The molecule has 0 bridgehead atoms. The molecule has 0 aromatic heterocycles. The fourth-order valence-corrected chi connectivity index (χ4v) is 3.18. The van der Waals surface area contributed by atoms with Gasteiger partial charge in [0.2, 0.25) is 0 Å². The first-order chi connectivity index (χ1) is 10.2. The molecule has 0 heterocycles. The van der Waals surface area contributed by atoms with Crippen LogP contribution in [0.25, 0.3) is 0 Å². The van der Waals surface area contributed by atoms with Crippen molar-refractivity contribution < 1.29 is 5.11 Å². The minimum absolute atomic E-state index is 0.191. The monoisotopic (exact) mass is 354 g/mol. The second-order valence-corrected chi connectivity index (χ2v) is 7.02. The molecule has 1 rings (SSSR count). The second-order valence-electron chi connectivity index (χ2n) is 6.10. The molecule has 0 saturated heterocycles. The van der Waals surface area contributed by atoms with Gasteiger partial charge in [0.05, 0.1) is 6.10 Å². The van der Waals surface area contributed by atoms with Crippen LogP contribution in [-0.4, -0.2) is 11.2 Å². The van der Waals surface area contributed by atoms with E-state index >= 15 is 0 Å². The summed E-state index contributed by atoms with van der Waals surface area (Å²) in [6, 6.07) is 8.24. The van der Waals surface area contributed by atoms with Gasteiger partial charge in [0, 0.05) is 4.47 Å². The Kier molecular flexibility index (Phi) is 10.9. The van der Waals surface area contributed by atoms with Gasteiger partial charge in [0.1, 0.15) is 0 Å². The fraction of sp³-hybridized carbons (Fsp3) is 0.684. The van der Waals surface area contributed by atoms with Crippen molar-refractivity contribution >= 4 is 15.9 Å². The van der Waals surface area contributed by atoms with Crippen LogP contribution < -0.4 is 0 Å². The van der Waals surface area contributed by atoms with E-state index in [1.807, 2.05) is 12.1 Å². The van der Waals surface area contributed by atoms with Gasteiger partial charge in [0.25, 0.3) is 0 Å². The molecule has 0 aliphatic rings. The zero-order valence-electron chi connectivity index (χ0n) is 13.5. The van der Waals surface area contributed by atoms with E-state index in [2.05, 4.69) is 35.0 Å². The third-order valence-electron chi connectivity index (χ3n) is 4.00. The van der Waals surface area contributed by atoms with Crippen LogP contribution in [0.2, 0.25) is 0 Å². The lowest BCUT2D eigenvalue weighted by atomic mass is 10.0. The first kappa shape index (κ1) is 18.7. The number of hydrogen-bond acceptors (Lipinski definition) is 1. The summed E-state index contributed by atoms with van der Waals surface area (Å²) in [5.74, 6) is 0. The van der Waals surface area contributed by atoms with Gasteiger partial charge in [-0.3, -0.25) is 0 Å². The van der Waals surface area contributed by atoms with Crippen molar-refractivity contribution in [3.05, 3.63) is 34.3 Å². The van der Waals surface area contributed by atoms with Crippen LogP contribution in [0.3, 0.4) is 0 Å². The Bertz CT molecular complexity index is 364. The van der Waals surface area contributed by atoms with Gasteiger partial charge in [-0.15, -0.1) is 0 Å². The van der Waals surface area contributed by atoms with E-state index in [9.17, 15) is 5.11 Å². The highest BCUT2D eigenvalue weighted by atomic mass is 79.9. The molecule has 1 unspecified atom stereocenters. The number of rotatable bonds is 12. The summed E-state index contributed by atoms with van der Waals surface area (Å²) in [5, 5.41) is 10.1. The average molecular weight is 355 g/mol. The summed E-state index contributed by atoms with van der Waals surface area (Å²) in [6.07, 6.45) is 13.6. The predicted octanol–water partition coefficient (Wildman–Crippen LogP) is 6.27. The molecule has 1 atom stereocenters. The molecule has 0 saturated carbocycles. The maximum absolute atomic E-state index is 10.1. The molecule has 0 aliphatic heterocycles. The summed E-state index contributed by atoms with van der Waals surface area (Å²) in [7, 11) is 0. The lowest BCUT2D eigenvalue weighted by Gasteiger charge is -2.10. The van der Waals surface area contributed by atoms with E-state index < -0.39 is 0 Å². The van der Waals surface area contributed by atoms with Crippen LogP contribution >= 0.6 is 15.9 Å². The molecule has 21 heavy (non-hydrogen) atoms. The number of halogens is 1. The van der Waals surface area contributed by atoms with Crippen molar-refractivity contribution in [3.63, 3.8) is 0 Å². The maximum Gasteiger partial charge on any atom is 0.0580 e. The number of aliphatic hydroxyl groups is 1. The Hall–Kier alpha value is -0.340. The lowest BCUT2D eigenvalue weighted by molar-refractivity contribution is 0.161. The van der Waals surface area contributed by atoms with E-state index in [1.165, 1.54) is 56.9 Å². The molecule has 0 radical (unpaired) electrons. The van der Waals surface area contributed by atoms with Crippen molar-refractivity contribution in [1.29, 1.82) is 0 Å². The minimum Gasteiger partial charge on any atom is -0.393 e. The summed E-state index contributed by atoms with van der Waals surface area (Å²) in [5.41, 5.74) is 1.22. The molecule has 120 valence electrons. The van der Waals surface area contributed by atoms with Gasteiger partial charge in [-0.2, -0.15) is 0 Å². The average Bonchev–Trinajstić information content (AvgIpc) is 2.45. The number of unbranched alkanes of at least 4 members (excludes halogenated alkanes) is 8. The molecule has 0 aliphatic carbocycles.